The lowest BCUT2D eigenvalue weighted by atomic mass is 9.89. The van der Waals surface area contributed by atoms with E-state index in [0.29, 0.717) is 53.7 Å². The number of amides is 2. The van der Waals surface area contributed by atoms with Crippen molar-refractivity contribution in [3.63, 3.8) is 0 Å². The summed E-state index contributed by atoms with van der Waals surface area (Å²) >= 11 is 3.40. The molecule has 192 valence electrons. The van der Waals surface area contributed by atoms with Crippen LogP contribution >= 0.6 is 15.9 Å². The molecule has 37 heavy (non-hydrogen) atoms. The second kappa shape index (κ2) is 12.1. The third kappa shape index (κ3) is 6.38. The number of rotatable bonds is 7. The SMILES string of the molecule is CCOC(=O)c1ccc(C(=O)N2CCC(c3ccc(NC(=O)c4cc(Br)ccc4OC)cc3)CC2)cc1. The number of anilines is 1. The third-order valence-corrected chi connectivity index (χ3v) is 6.96. The lowest BCUT2D eigenvalue weighted by molar-refractivity contribution is 0.0525. The monoisotopic (exact) mass is 564 g/mol. The number of hydrogen-bond donors (Lipinski definition) is 1. The molecule has 0 aromatic heterocycles. The maximum atomic E-state index is 12.9. The molecule has 0 bridgehead atoms. The molecule has 0 spiro atoms. The molecule has 0 atom stereocenters. The Morgan fingerprint density at radius 3 is 2.22 bits per heavy atom. The molecule has 0 saturated carbocycles. The van der Waals surface area contributed by atoms with E-state index in [9.17, 15) is 14.4 Å². The Balaban J connectivity index is 1.32. The summed E-state index contributed by atoms with van der Waals surface area (Å²) in [7, 11) is 1.54. The van der Waals surface area contributed by atoms with Crippen molar-refractivity contribution in [2.24, 2.45) is 0 Å². The number of nitrogens with zero attached hydrogens (tertiary/aromatic N) is 1. The maximum absolute atomic E-state index is 12.9. The van der Waals surface area contributed by atoms with E-state index in [1.54, 1.807) is 43.3 Å². The minimum absolute atomic E-state index is 0.0325. The molecule has 3 aromatic rings. The van der Waals surface area contributed by atoms with Crippen molar-refractivity contribution in [1.29, 1.82) is 0 Å². The van der Waals surface area contributed by atoms with Gasteiger partial charge in [-0.3, -0.25) is 9.59 Å². The standard InChI is InChI=1S/C29H29BrN2O5/c1-3-37-29(35)22-6-4-21(5-7-22)28(34)32-16-14-20(15-17-32)19-8-11-24(12-9-19)31-27(33)25-18-23(30)10-13-26(25)36-2/h4-13,18,20H,3,14-17H2,1-2H3,(H,31,33). The van der Waals surface area contributed by atoms with Crippen LogP contribution in [0.4, 0.5) is 5.69 Å². The van der Waals surface area contributed by atoms with Gasteiger partial charge in [0, 0.05) is 28.8 Å². The van der Waals surface area contributed by atoms with Crippen molar-refractivity contribution >= 4 is 39.4 Å². The first-order valence-corrected chi connectivity index (χ1v) is 13.0. The van der Waals surface area contributed by atoms with Crippen LogP contribution in [0, 0.1) is 0 Å². The Morgan fingerprint density at radius 2 is 1.59 bits per heavy atom. The predicted molar refractivity (Wildman–Crippen MR) is 145 cm³/mol. The Bertz CT molecular complexity index is 1270. The van der Waals surface area contributed by atoms with Gasteiger partial charge in [0.05, 0.1) is 24.8 Å². The van der Waals surface area contributed by atoms with Crippen molar-refractivity contribution in [2.45, 2.75) is 25.7 Å². The first-order valence-electron chi connectivity index (χ1n) is 12.2. The fourth-order valence-electron chi connectivity index (χ4n) is 4.46. The first-order chi connectivity index (χ1) is 17.9. The van der Waals surface area contributed by atoms with E-state index in [2.05, 4.69) is 21.2 Å². The average Bonchev–Trinajstić information content (AvgIpc) is 2.93. The number of carbonyl (C=O) groups excluding carboxylic acids is 3. The summed E-state index contributed by atoms with van der Waals surface area (Å²) in [6.45, 7) is 3.38. The van der Waals surface area contributed by atoms with E-state index < -0.39 is 0 Å². The summed E-state index contributed by atoms with van der Waals surface area (Å²) in [6, 6.07) is 19.8. The normalized spacial score (nSPS) is 13.6. The van der Waals surface area contributed by atoms with Crippen LogP contribution in [0.15, 0.2) is 71.2 Å². The summed E-state index contributed by atoms with van der Waals surface area (Å²) in [5.41, 5.74) is 3.34. The molecule has 1 aliphatic heterocycles. The minimum atomic E-state index is -0.388. The van der Waals surface area contributed by atoms with E-state index in [-0.39, 0.29) is 17.8 Å². The van der Waals surface area contributed by atoms with Gasteiger partial charge >= 0.3 is 5.97 Å². The van der Waals surface area contributed by atoms with Crippen LogP contribution < -0.4 is 10.1 Å². The molecule has 1 N–H and O–H groups in total. The van der Waals surface area contributed by atoms with Gasteiger partial charge in [0.1, 0.15) is 5.75 Å². The van der Waals surface area contributed by atoms with Crippen LogP contribution in [-0.4, -0.2) is 49.5 Å². The Kier molecular flexibility index (Phi) is 8.61. The van der Waals surface area contributed by atoms with Crippen LogP contribution in [0.5, 0.6) is 5.75 Å². The van der Waals surface area contributed by atoms with E-state index in [0.717, 1.165) is 17.3 Å². The highest BCUT2D eigenvalue weighted by Gasteiger charge is 2.25. The molecule has 0 unspecified atom stereocenters. The number of halogens is 1. The fourth-order valence-corrected chi connectivity index (χ4v) is 4.82. The van der Waals surface area contributed by atoms with Crippen molar-refractivity contribution < 1.29 is 23.9 Å². The number of methoxy groups -OCH3 is 1. The van der Waals surface area contributed by atoms with Crippen LogP contribution in [-0.2, 0) is 4.74 Å². The molecule has 0 aliphatic carbocycles. The predicted octanol–water partition coefficient (Wildman–Crippen LogP) is 5.91. The maximum Gasteiger partial charge on any atom is 0.338 e. The molecular formula is C29H29BrN2O5. The summed E-state index contributed by atoms with van der Waals surface area (Å²) < 4.78 is 11.1. The summed E-state index contributed by atoms with van der Waals surface area (Å²) in [4.78, 5) is 39.4. The number of piperidine rings is 1. The highest BCUT2D eigenvalue weighted by Crippen LogP contribution is 2.30. The largest absolute Gasteiger partial charge is 0.496 e. The van der Waals surface area contributed by atoms with Crippen molar-refractivity contribution in [1.82, 2.24) is 4.90 Å². The summed E-state index contributed by atoms with van der Waals surface area (Å²) in [5, 5.41) is 2.93. The van der Waals surface area contributed by atoms with Gasteiger partial charge in [-0.15, -0.1) is 0 Å². The smallest absolute Gasteiger partial charge is 0.338 e. The first kappa shape index (κ1) is 26.4. The second-order valence-corrected chi connectivity index (χ2v) is 9.70. The van der Waals surface area contributed by atoms with Crippen LogP contribution in [0.25, 0.3) is 0 Å². The molecule has 1 heterocycles. The van der Waals surface area contributed by atoms with Gasteiger partial charge in [0.15, 0.2) is 0 Å². The molecule has 3 aromatic carbocycles. The Hall–Kier alpha value is -3.65. The van der Waals surface area contributed by atoms with E-state index in [1.165, 1.54) is 12.7 Å². The van der Waals surface area contributed by atoms with Gasteiger partial charge in [-0.1, -0.05) is 28.1 Å². The molecular weight excluding hydrogens is 536 g/mol. The van der Waals surface area contributed by atoms with Gasteiger partial charge in [0.2, 0.25) is 0 Å². The van der Waals surface area contributed by atoms with Gasteiger partial charge in [-0.05, 0) is 85.8 Å². The second-order valence-electron chi connectivity index (χ2n) is 8.79. The van der Waals surface area contributed by atoms with Gasteiger partial charge in [-0.25, -0.2) is 4.79 Å². The highest BCUT2D eigenvalue weighted by atomic mass is 79.9. The summed E-state index contributed by atoms with van der Waals surface area (Å²) in [5.74, 6) is 0.183. The van der Waals surface area contributed by atoms with Crippen molar-refractivity contribution in [2.75, 3.05) is 32.1 Å². The zero-order chi connectivity index (χ0) is 26.4. The lowest BCUT2D eigenvalue weighted by Gasteiger charge is -2.32. The quantitative estimate of drug-likeness (QED) is 0.361. The van der Waals surface area contributed by atoms with E-state index in [4.69, 9.17) is 9.47 Å². The molecule has 2 amide bonds. The number of likely N-dealkylation sites (tertiary alicyclic amines) is 1. The zero-order valence-corrected chi connectivity index (χ0v) is 22.4. The minimum Gasteiger partial charge on any atom is -0.496 e. The van der Waals surface area contributed by atoms with Gasteiger partial charge in [-0.2, -0.15) is 0 Å². The summed E-state index contributed by atoms with van der Waals surface area (Å²) in [6.07, 6.45) is 1.71. The number of nitrogens with one attached hydrogen (secondary N) is 1. The molecule has 1 saturated heterocycles. The lowest BCUT2D eigenvalue weighted by Crippen LogP contribution is -2.37. The molecule has 4 rings (SSSR count). The van der Waals surface area contributed by atoms with Crippen LogP contribution in [0.3, 0.4) is 0 Å². The molecule has 8 heteroatoms. The van der Waals surface area contributed by atoms with Crippen LogP contribution in [0.1, 0.15) is 62.3 Å². The number of benzene rings is 3. The van der Waals surface area contributed by atoms with E-state index in [1.807, 2.05) is 35.2 Å². The van der Waals surface area contributed by atoms with Crippen molar-refractivity contribution in [3.05, 3.63) is 93.5 Å². The van der Waals surface area contributed by atoms with Gasteiger partial charge < -0.3 is 19.7 Å². The fraction of sp³-hybridized carbons (Fsp3) is 0.276. The number of hydrogen-bond acceptors (Lipinski definition) is 5. The molecule has 1 fully saturated rings. The number of ether oxygens (including phenoxy) is 2. The highest BCUT2D eigenvalue weighted by molar-refractivity contribution is 9.10. The number of carbonyl (C=O) groups is 3. The topological polar surface area (TPSA) is 84.9 Å². The zero-order valence-electron chi connectivity index (χ0n) is 20.8. The molecule has 0 radical (unpaired) electrons. The van der Waals surface area contributed by atoms with Crippen LogP contribution in [0.2, 0.25) is 0 Å². The average molecular weight is 565 g/mol. The number of esters is 1. The third-order valence-electron chi connectivity index (χ3n) is 6.47. The van der Waals surface area contributed by atoms with E-state index >= 15 is 0 Å². The molecule has 1 aliphatic rings. The Labute approximate surface area is 224 Å². The Morgan fingerprint density at radius 1 is 0.946 bits per heavy atom. The molecule has 7 nitrogen and oxygen atoms in total. The van der Waals surface area contributed by atoms with Crippen molar-refractivity contribution in [3.8, 4) is 5.75 Å². The van der Waals surface area contributed by atoms with Gasteiger partial charge in [0.25, 0.3) is 11.8 Å².